The SMILES string of the molecule is Cc1ncc2ncc(N3CCN(S(=O)(=O)c4ccc(OC(F)(F)F)cc4)[C@@H](C(=O)O)C3)nc2n1. The average Bonchev–Trinajstić information content (AvgIpc) is 2.77. The van der Waals surface area contributed by atoms with Crippen LogP contribution in [0.25, 0.3) is 11.2 Å². The molecule has 2 aromatic heterocycles. The summed E-state index contributed by atoms with van der Waals surface area (Å²) in [6, 6.07) is 2.08. The topological polar surface area (TPSA) is 139 Å². The molecule has 34 heavy (non-hydrogen) atoms. The summed E-state index contributed by atoms with van der Waals surface area (Å²) in [5.41, 5.74) is 0.761. The molecule has 0 unspecified atom stereocenters. The van der Waals surface area contributed by atoms with Crippen molar-refractivity contribution >= 4 is 33.0 Å². The van der Waals surface area contributed by atoms with Crippen molar-refractivity contribution in [2.24, 2.45) is 0 Å². The number of carboxylic acid groups (broad SMARTS) is 1. The Bertz CT molecular complexity index is 1340. The number of hydrogen-bond acceptors (Lipinski definition) is 9. The summed E-state index contributed by atoms with van der Waals surface area (Å²) in [4.78, 5) is 30.0. The molecule has 1 aliphatic rings. The number of halogens is 3. The molecule has 4 rings (SSSR count). The van der Waals surface area contributed by atoms with Crippen molar-refractivity contribution in [1.29, 1.82) is 0 Å². The first-order valence-electron chi connectivity index (χ1n) is 9.76. The molecule has 0 bridgehead atoms. The van der Waals surface area contributed by atoms with Gasteiger partial charge in [0, 0.05) is 19.6 Å². The number of carbonyl (C=O) groups is 1. The summed E-state index contributed by atoms with van der Waals surface area (Å²) in [6.07, 6.45) is -2.00. The van der Waals surface area contributed by atoms with Gasteiger partial charge in [-0.05, 0) is 31.2 Å². The molecule has 11 nitrogen and oxygen atoms in total. The van der Waals surface area contributed by atoms with E-state index in [1.165, 1.54) is 12.4 Å². The van der Waals surface area contributed by atoms with Crippen LogP contribution in [-0.2, 0) is 14.8 Å². The minimum Gasteiger partial charge on any atom is -0.480 e. The van der Waals surface area contributed by atoms with Crippen LogP contribution in [0, 0.1) is 6.92 Å². The van der Waals surface area contributed by atoms with Crippen molar-refractivity contribution in [2.45, 2.75) is 24.2 Å². The van der Waals surface area contributed by atoms with Gasteiger partial charge in [0.05, 0.1) is 17.3 Å². The van der Waals surface area contributed by atoms with Gasteiger partial charge in [-0.1, -0.05) is 0 Å². The van der Waals surface area contributed by atoms with Crippen molar-refractivity contribution in [3.05, 3.63) is 42.5 Å². The van der Waals surface area contributed by atoms with Crippen LogP contribution in [-0.4, -0.2) is 75.8 Å². The third kappa shape index (κ3) is 4.84. The molecule has 180 valence electrons. The van der Waals surface area contributed by atoms with Crippen LogP contribution in [0.15, 0.2) is 41.6 Å². The van der Waals surface area contributed by atoms with Gasteiger partial charge in [0.25, 0.3) is 0 Å². The highest BCUT2D eigenvalue weighted by molar-refractivity contribution is 7.89. The van der Waals surface area contributed by atoms with E-state index in [1.54, 1.807) is 11.8 Å². The lowest BCUT2D eigenvalue weighted by molar-refractivity contribution is -0.274. The molecule has 0 amide bonds. The Morgan fingerprint density at radius 1 is 1.12 bits per heavy atom. The molecule has 0 spiro atoms. The lowest BCUT2D eigenvalue weighted by atomic mass is 10.2. The summed E-state index contributed by atoms with van der Waals surface area (Å²) in [7, 11) is -4.33. The number of piperazine rings is 1. The van der Waals surface area contributed by atoms with E-state index < -0.39 is 34.1 Å². The van der Waals surface area contributed by atoms with Crippen molar-refractivity contribution in [3.63, 3.8) is 0 Å². The van der Waals surface area contributed by atoms with E-state index in [-0.39, 0.29) is 24.5 Å². The zero-order chi connectivity index (χ0) is 24.7. The molecule has 15 heteroatoms. The Hall–Kier alpha value is -3.59. The highest BCUT2D eigenvalue weighted by atomic mass is 32.2. The molecule has 1 N–H and O–H groups in total. The first-order chi connectivity index (χ1) is 15.9. The molecule has 0 radical (unpaired) electrons. The number of anilines is 1. The Balaban J connectivity index is 1.58. The van der Waals surface area contributed by atoms with Crippen LogP contribution < -0.4 is 9.64 Å². The molecule has 1 aromatic carbocycles. The standard InChI is InChI=1S/C19H17F3N6O5S/c1-11-23-8-14-17(25-11)26-16(9-24-14)27-6-7-28(15(10-27)18(29)30)34(31,32)13-4-2-12(3-5-13)33-19(20,21)22/h2-5,8-9,15H,6-7,10H2,1H3,(H,29,30)/t15-/m1/s1. The first kappa shape index (κ1) is 23.6. The van der Waals surface area contributed by atoms with Gasteiger partial charge in [0.15, 0.2) is 5.65 Å². The molecule has 1 saturated heterocycles. The fraction of sp³-hybridized carbons (Fsp3) is 0.316. The average molecular weight is 498 g/mol. The van der Waals surface area contributed by atoms with Gasteiger partial charge >= 0.3 is 12.3 Å². The lowest BCUT2D eigenvalue weighted by Crippen LogP contribution is -2.58. The van der Waals surface area contributed by atoms with Gasteiger partial charge in [-0.25, -0.2) is 28.4 Å². The number of aromatic nitrogens is 4. The third-order valence-electron chi connectivity index (χ3n) is 5.01. The van der Waals surface area contributed by atoms with Crippen molar-refractivity contribution in [2.75, 3.05) is 24.5 Å². The smallest absolute Gasteiger partial charge is 0.480 e. The quantitative estimate of drug-likeness (QED) is 0.552. The summed E-state index contributed by atoms with van der Waals surface area (Å²) in [6.45, 7) is 1.35. The van der Waals surface area contributed by atoms with Crippen LogP contribution >= 0.6 is 0 Å². The van der Waals surface area contributed by atoms with E-state index in [0.29, 0.717) is 22.8 Å². The second kappa shape index (κ2) is 8.64. The number of rotatable bonds is 5. The molecule has 1 atom stereocenters. The number of alkyl halides is 3. The van der Waals surface area contributed by atoms with Crippen LogP contribution in [0.4, 0.5) is 19.0 Å². The predicted octanol–water partition coefficient (Wildman–Crippen LogP) is 1.59. The fourth-order valence-electron chi connectivity index (χ4n) is 3.45. The number of hydrogen-bond donors (Lipinski definition) is 1. The monoisotopic (exact) mass is 498 g/mol. The van der Waals surface area contributed by atoms with E-state index in [1.807, 2.05) is 0 Å². The van der Waals surface area contributed by atoms with Crippen LogP contribution in [0.3, 0.4) is 0 Å². The minimum atomic E-state index is -4.93. The normalized spacial score (nSPS) is 17.6. The number of ether oxygens (including phenoxy) is 1. The van der Waals surface area contributed by atoms with Gasteiger partial charge in [0.1, 0.15) is 29.0 Å². The van der Waals surface area contributed by atoms with E-state index in [4.69, 9.17) is 0 Å². The molecule has 3 aromatic rings. The number of sulfonamides is 1. The maximum absolute atomic E-state index is 13.1. The molecule has 0 aliphatic carbocycles. The third-order valence-corrected chi connectivity index (χ3v) is 6.94. The number of fused-ring (bicyclic) bond motifs is 1. The number of nitrogens with zero attached hydrogens (tertiary/aromatic N) is 6. The Morgan fingerprint density at radius 2 is 1.82 bits per heavy atom. The van der Waals surface area contributed by atoms with E-state index in [9.17, 15) is 31.5 Å². The van der Waals surface area contributed by atoms with Gasteiger partial charge in [-0.15, -0.1) is 13.2 Å². The molecular formula is C19H17F3N6O5S. The Labute approximate surface area is 190 Å². The molecule has 0 saturated carbocycles. The van der Waals surface area contributed by atoms with Crippen LogP contribution in [0.1, 0.15) is 5.82 Å². The molecule has 1 fully saturated rings. The second-order valence-corrected chi connectivity index (χ2v) is 9.18. The van der Waals surface area contributed by atoms with Crippen molar-refractivity contribution in [3.8, 4) is 5.75 Å². The Morgan fingerprint density at radius 3 is 2.47 bits per heavy atom. The van der Waals surface area contributed by atoms with Gasteiger partial charge in [-0.2, -0.15) is 4.31 Å². The highest BCUT2D eigenvalue weighted by Crippen LogP contribution is 2.28. The van der Waals surface area contributed by atoms with Gasteiger partial charge < -0.3 is 14.7 Å². The number of aryl methyl sites for hydroxylation is 1. The highest BCUT2D eigenvalue weighted by Gasteiger charge is 2.41. The minimum absolute atomic E-state index is 0.0997. The van der Waals surface area contributed by atoms with Gasteiger partial charge in [0.2, 0.25) is 10.0 Å². The molecule has 1 aliphatic heterocycles. The van der Waals surface area contributed by atoms with E-state index in [2.05, 4.69) is 24.7 Å². The zero-order valence-corrected chi connectivity index (χ0v) is 18.3. The summed E-state index contributed by atoms with van der Waals surface area (Å²) in [5.74, 6) is -1.19. The van der Waals surface area contributed by atoms with E-state index in [0.717, 1.165) is 28.6 Å². The van der Waals surface area contributed by atoms with Crippen molar-refractivity contribution in [1.82, 2.24) is 24.2 Å². The van der Waals surface area contributed by atoms with Crippen LogP contribution in [0.2, 0.25) is 0 Å². The Kier molecular flexibility index (Phi) is 5.99. The molecular weight excluding hydrogens is 481 g/mol. The van der Waals surface area contributed by atoms with Crippen LogP contribution in [0.5, 0.6) is 5.75 Å². The summed E-state index contributed by atoms with van der Waals surface area (Å²) < 4.78 is 67.8. The van der Waals surface area contributed by atoms with Gasteiger partial charge in [-0.3, -0.25) is 4.79 Å². The number of aliphatic carboxylic acids is 1. The maximum atomic E-state index is 13.1. The van der Waals surface area contributed by atoms with Crippen molar-refractivity contribution < 1.29 is 36.2 Å². The number of benzene rings is 1. The maximum Gasteiger partial charge on any atom is 0.573 e. The fourth-order valence-corrected chi connectivity index (χ4v) is 5.02. The first-order valence-corrected chi connectivity index (χ1v) is 11.2. The lowest BCUT2D eigenvalue weighted by Gasteiger charge is -2.38. The second-order valence-electron chi connectivity index (χ2n) is 7.29. The largest absolute Gasteiger partial charge is 0.573 e. The summed E-state index contributed by atoms with van der Waals surface area (Å²) in [5, 5.41) is 9.73. The summed E-state index contributed by atoms with van der Waals surface area (Å²) >= 11 is 0. The number of carboxylic acids is 1. The zero-order valence-electron chi connectivity index (χ0n) is 17.5. The molecule has 3 heterocycles. The predicted molar refractivity (Wildman–Crippen MR) is 111 cm³/mol. The van der Waals surface area contributed by atoms with E-state index >= 15 is 0 Å².